The number of benzene rings is 2. The predicted molar refractivity (Wildman–Crippen MR) is 124 cm³/mol. The Bertz CT molecular complexity index is 1280. The Hall–Kier alpha value is -3.65. The van der Waals surface area contributed by atoms with Gasteiger partial charge in [0, 0.05) is 54.7 Å². The molecule has 8 nitrogen and oxygen atoms in total. The number of aromatic nitrogens is 3. The number of fused-ring (bicyclic) bond motifs is 3. The van der Waals surface area contributed by atoms with E-state index in [1.54, 1.807) is 12.1 Å². The second-order valence-corrected chi connectivity index (χ2v) is 7.74. The molecule has 0 saturated carbocycles. The van der Waals surface area contributed by atoms with Gasteiger partial charge < -0.3 is 24.3 Å². The van der Waals surface area contributed by atoms with Gasteiger partial charge in [0.25, 0.3) is 0 Å². The molecule has 0 aliphatic carbocycles. The van der Waals surface area contributed by atoms with Gasteiger partial charge in [0.2, 0.25) is 0 Å². The van der Waals surface area contributed by atoms with Crippen LogP contribution in [-0.2, 0) is 11.8 Å². The third kappa shape index (κ3) is 3.73. The zero-order valence-electron chi connectivity index (χ0n) is 18.2. The van der Waals surface area contributed by atoms with Crippen LogP contribution in [0.25, 0.3) is 33.2 Å². The first kappa shape index (κ1) is 20.3. The third-order valence-corrected chi connectivity index (χ3v) is 5.66. The van der Waals surface area contributed by atoms with Gasteiger partial charge in [0.05, 0.1) is 18.7 Å². The van der Waals surface area contributed by atoms with E-state index in [9.17, 15) is 4.79 Å². The van der Waals surface area contributed by atoms with Crippen LogP contribution in [0, 0.1) is 0 Å². The van der Waals surface area contributed by atoms with Gasteiger partial charge in [-0.15, -0.1) is 0 Å². The molecule has 4 aromatic rings. The summed E-state index contributed by atoms with van der Waals surface area (Å²) in [6.07, 6.45) is 1.58. The number of hydrogen-bond acceptors (Lipinski definition) is 6. The Labute approximate surface area is 185 Å². The molecule has 1 fully saturated rings. The Balaban J connectivity index is 1.61. The van der Waals surface area contributed by atoms with Crippen molar-refractivity contribution in [1.29, 1.82) is 0 Å². The van der Waals surface area contributed by atoms with Crippen LogP contribution in [0.5, 0.6) is 5.75 Å². The number of nitrogens with one attached hydrogen (secondary N) is 1. The highest BCUT2D eigenvalue weighted by molar-refractivity contribution is 6.08. The van der Waals surface area contributed by atoms with Crippen LogP contribution in [-0.4, -0.2) is 53.5 Å². The van der Waals surface area contributed by atoms with Crippen molar-refractivity contribution in [2.24, 2.45) is 7.05 Å². The molecule has 164 valence electrons. The summed E-state index contributed by atoms with van der Waals surface area (Å²) in [5.41, 5.74) is 2.91. The molecule has 1 amide bonds. The van der Waals surface area contributed by atoms with Crippen molar-refractivity contribution in [1.82, 2.24) is 19.9 Å². The van der Waals surface area contributed by atoms with Crippen LogP contribution in [0.15, 0.2) is 48.7 Å². The third-order valence-electron chi connectivity index (χ3n) is 5.66. The fourth-order valence-corrected chi connectivity index (χ4v) is 4.03. The van der Waals surface area contributed by atoms with E-state index in [1.807, 2.05) is 32.3 Å². The number of morpholine rings is 1. The number of anilines is 1. The molecule has 32 heavy (non-hydrogen) atoms. The van der Waals surface area contributed by atoms with Crippen molar-refractivity contribution in [3.63, 3.8) is 0 Å². The predicted octanol–water partition coefficient (Wildman–Crippen LogP) is 3.73. The minimum Gasteiger partial charge on any atom is -0.410 e. The molecule has 0 atom stereocenters. The Morgan fingerprint density at radius 1 is 1.06 bits per heavy atom. The molecule has 1 aliphatic rings. The van der Waals surface area contributed by atoms with Crippen molar-refractivity contribution < 1.29 is 14.3 Å². The molecule has 8 heteroatoms. The molecule has 1 N–H and O–H groups in total. The normalized spacial score (nSPS) is 14.1. The van der Waals surface area contributed by atoms with E-state index in [2.05, 4.69) is 33.0 Å². The molecular weight excluding hydrogens is 406 g/mol. The van der Waals surface area contributed by atoms with Gasteiger partial charge in [-0.3, -0.25) is 0 Å². The standard InChI is InChI=1S/C24H25N5O3/c1-3-25-24(30)32-17-6-4-16(5-7-17)22-26-21-18-10-11-28(2)20(18)9-8-19(21)23(27-22)29-12-14-31-15-13-29/h4-11H,3,12-15H2,1-2H3,(H,25,30). The van der Waals surface area contributed by atoms with E-state index in [1.165, 1.54) is 0 Å². The van der Waals surface area contributed by atoms with Crippen LogP contribution >= 0.6 is 0 Å². The van der Waals surface area contributed by atoms with E-state index in [0.717, 1.165) is 46.3 Å². The molecule has 0 unspecified atom stereocenters. The van der Waals surface area contributed by atoms with Crippen molar-refractivity contribution >= 4 is 33.7 Å². The molecule has 1 aliphatic heterocycles. The summed E-state index contributed by atoms with van der Waals surface area (Å²) in [7, 11) is 2.03. The minimum absolute atomic E-state index is 0.469. The zero-order chi connectivity index (χ0) is 22.1. The van der Waals surface area contributed by atoms with Crippen LogP contribution in [0.3, 0.4) is 0 Å². The molecule has 5 rings (SSSR count). The molecule has 0 spiro atoms. The second-order valence-electron chi connectivity index (χ2n) is 7.74. The minimum atomic E-state index is -0.469. The highest BCUT2D eigenvalue weighted by atomic mass is 16.6. The van der Waals surface area contributed by atoms with Gasteiger partial charge in [-0.1, -0.05) is 0 Å². The number of carbonyl (C=O) groups excluding carboxylic acids is 1. The average molecular weight is 431 g/mol. The first-order valence-corrected chi connectivity index (χ1v) is 10.8. The summed E-state index contributed by atoms with van der Waals surface area (Å²) in [5.74, 6) is 2.03. The molecule has 1 saturated heterocycles. The Morgan fingerprint density at radius 3 is 2.59 bits per heavy atom. The monoisotopic (exact) mass is 431 g/mol. The van der Waals surface area contributed by atoms with E-state index in [0.29, 0.717) is 31.3 Å². The van der Waals surface area contributed by atoms with Crippen LogP contribution < -0.4 is 15.0 Å². The number of rotatable bonds is 4. The van der Waals surface area contributed by atoms with Gasteiger partial charge in [0.15, 0.2) is 5.82 Å². The Kier molecular flexibility index (Phi) is 5.36. The quantitative estimate of drug-likeness (QED) is 0.530. The summed E-state index contributed by atoms with van der Waals surface area (Å²) in [6, 6.07) is 13.6. The van der Waals surface area contributed by atoms with Gasteiger partial charge in [0.1, 0.15) is 11.6 Å². The molecule has 0 bridgehead atoms. The van der Waals surface area contributed by atoms with Crippen molar-refractivity contribution in [3.05, 3.63) is 48.7 Å². The first-order valence-electron chi connectivity index (χ1n) is 10.8. The van der Waals surface area contributed by atoms with E-state index in [4.69, 9.17) is 19.4 Å². The summed E-state index contributed by atoms with van der Waals surface area (Å²) >= 11 is 0. The summed E-state index contributed by atoms with van der Waals surface area (Å²) in [6.45, 7) is 5.30. The lowest BCUT2D eigenvalue weighted by Crippen LogP contribution is -2.37. The average Bonchev–Trinajstić information content (AvgIpc) is 3.21. The highest BCUT2D eigenvalue weighted by Crippen LogP contribution is 2.33. The van der Waals surface area contributed by atoms with Crippen molar-refractivity contribution in [3.8, 4) is 17.1 Å². The smallest absolute Gasteiger partial charge is 0.410 e. The molecule has 2 aromatic carbocycles. The topological polar surface area (TPSA) is 81.5 Å². The summed E-state index contributed by atoms with van der Waals surface area (Å²) in [4.78, 5) is 23.9. The number of carbonyl (C=O) groups is 1. The highest BCUT2D eigenvalue weighted by Gasteiger charge is 2.20. The van der Waals surface area contributed by atoms with E-state index < -0.39 is 6.09 Å². The lowest BCUT2D eigenvalue weighted by atomic mass is 10.1. The molecular formula is C24H25N5O3. The summed E-state index contributed by atoms with van der Waals surface area (Å²) in [5, 5.41) is 4.75. The maximum Gasteiger partial charge on any atom is 0.412 e. The fourth-order valence-electron chi connectivity index (χ4n) is 4.03. The van der Waals surface area contributed by atoms with E-state index >= 15 is 0 Å². The van der Waals surface area contributed by atoms with Gasteiger partial charge in [-0.2, -0.15) is 0 Å². The molecule has 2 aromatic heterocycles. The zero-order valence-corrected chi connectivity index (χ0v) is 18.2. The van der Waals surface area contributed by atoms with Crippen LogP contribution in [0.1, 0.15) is 6.92 Å². The van der Waals surface area contributed by atoms with Crippen LogP contribution in [0.4, 0.5) is 10.6 Å². The Morgan fingerprint density at radius 2 is 1.84 bits per heavy atom. The lowest BCUT2D eigenvalue weighted by molar-refractivity contribution is 0.122. The number of nitrogens with zero attached hydrogens (tertiary/aromatic N) is 4. The number of ether oxygens (including phenoxy) is 2. The number of aryl methyl sites for hydroxylation is 1. The maximum atomic E-state index is 11.7. The van der Waals surface area contributed by atoms with Gasteiger partial charge in [-0.25, -0.2) is 14.8 Å². The van der Waals surface area contributed by atoms with E-state index in [-0.39, 0.29) is 0 Å². The molecule has 3 heterocycles. The SMILES string of the molecule is CCNC(=O)Oc1ccc(-c2nc(N3CCOCC3)c3ccc4c(ccn4C)c3n2)cc1. The number of amides is 1. The lowest BCUT2D eigenvalue weighted by Gasteiger charge is -2.29. The van der Waals surface area contributed by atoms with Crippen molar-refractivity contribution in [2.45, 2.75) is 6.92 Å². The number of hydrogen-bond donors (Lipinski definition) is 1. The van der Waals surface area contributed by atoms with Crippen LogP contribution in [0.2, 0.25) is 0 Å². The fraction of sp³-hybridized carbons (Fsp3) is 0.292. The van der Waals surface area contributed by atoms with Gasteiger partial charge >= 0.3 is 6.09 Å². The van der Waals surface area contributed by atoms with Crippen molar-refractivity contribution in [2.75, 3.05) is 37.7 Å². The first-order chi connectivity index (χ1) is 15.6. The molecule has 0 radical (unpaired) electrons. The van der Waals surface area contributed by atoms with Gasteiger partial charge in [-0.05, 0) is 49.4 Å². The second kappa shape index (κ2) is 8.47. The maximum absolute atomic E-state index is 11.7. The largest absolute Gasteiger partial charge is 0.412 e. The summed E-state index contributed by atoms with van der Waals surface area (Å²) < 4.78 is 12.9.